The standard InChI is InChI=1S/C12H23N3O2/c1-2-15(9-8-11(13)14-17)12(16)10-6-4-3-5-7-10/h10,17H,2-9H2,1H3,(H2,13,14). The van der Waals surface area contributed by atoms with Gasteiger partial charge in [-0.2, -0.15) is 0 Å². The van der Waals surface area contributed by atoms with Crippen molar-refractivity contribution in [3.8, 4) is 0 Å². The molecule has 0 aromatic heterocycles. The summed E-state index contributed by atoms with van der Waals surface area (Å²) >= 11 is 0. The van der Waals surface area contributed by atoms with Crippen molar-refractivity contribution < 1.29 is 10.0 Å². The lowest BCUT2D eigenvalue weighted by Gasteiger charge is -2.28. The van der Waals surface area contributed by atoms with Crippen molar-refractivity contribution in [3.63, 3.8) is 0 Å². The molecule has 0 aromatic rings. The molecule has 1 fully saturated rings. The third-order valence-electron chi connectivity index (χ3n) is 3.41. The summed E-state index contributed by atoms with van der Waals surface area (Å²) in [5.41, 5.74) is 5.42. The topological polar surface area (TPSA) is 78.9 Å². The highest BCUT2D eigenvalue weighted by Crippen LogP contribution is 2.25. The van der Waals surface area contributed by atoms with E-state index in [0.29, 0.717) is 19.5 Å². The van der Waals surface area contributed by atoms with Crippen LogP contribution in [-0.2, 0) is 4.79 Å². The first kappa shape index (κ1) is 13.8. The van der Waals surface area contributed by atoms with Gasteiger partial charge in [0.2, 0.25) is 5.91 Å². The average molecular weight is 241 g/mol. The second kappa shape index (κ2) is 7.14. The minimum atomic E-state index is 0.180. The molecule has 0 unspecified atom stereocenters. The first-order valence-corrected chi connectivity index (χ1v) is 6.44. The van der Waals surface area contributed by atoms with Crippen LogP contribution in [0.4, 0.5) is 0 Å². The molecule has 0 radical (unpaired) electrons. The molecule has 1 aliphatic rings. The third-order valence-corrected chi connectivity index (χ3v) is 3.41. The molecule has 0 spiro atoms. The summed E-state index contributed by atoms with van der Waals surface area (Å²) in [5, 5.41) is 11.4. The van der Waals surface area contributed by atoms with Gasteiger partial charge in [0.15, 0.2) is 0 Å². The van der Waals surface area contributed by atoms with E-state index < -0.39 is 0 Å². The van der Waals surface area contributed by atoms with Crippen LogP contribution in [0.15, 0.2) is 5.16 Å². The van der Waals surface area contributed by atoms with Gasteiger partial charge in [0.1, 0.15) is 5.84 Å². The van der Waals surface area contributed by atoms with Gasteiger partial charge in [-0.05, 0) is 19.8 Å². The molecule has 1 aliphatic carbocycles. The molecule has 3 N–H and O–H groups in total. The van der Waals surface area contributed by atoms with Crippen LogP contribution in [0.2, 0.25) is 0 Å². The molecule has 0 aliphatic heterocycles. The van der Waals surface area contributed by atoms with Crippen LogP contribution < -0.4 is 5.73 Å². The van der Waals surface area contributed by atoms with E-state index in [1.807, 2.05) is 11.8 Å². The first-order chi connectivity index (χ1) is 8.19. The van der Waals surface area contributed by atoms with Crippen LogP contribution in [-0.4, -0.2) is 34.9 Å². The maximum atomic E-state index is 12.2. The lowest BCUT2D eigenvalue weighted by Crippen LogP contribution is -2.38. The Morgan fingerprint density at radius 3 is 2.59 bits per heavy atom. The number of amides is 1. The van der Waals surface area contributed by atoms with Crippen molar-refractivity contribution in [3.05, 3.63) is 0 Å². The van der Waals surface area contributed by atoms with Gasteiger partial charge in [-0.25, -0.2) is 0 Å². The van der Waals surface area contributed by atoms with E-state index in [9.17, 15) is 4.79 Å². The summed E-state index contributed by atoms with van der Waals surface area (Å²) in [6.45, 7) is 3.20. The molecule has 98 valence electrons. The Balaban J connectivity index is 2.45. The Morgan fingerprint density at radius 1 is 1.41 bits per heavy atom. The average Bonchev–Trinajstić information content (AvgIpc) is 2.39. The van der Waals surface area contributed by atoms with E-state index in [2.05, 4.69) is 5.16 Å². The second-order valence-corrected chi connectivity index (χ2v) is 4.59. The highest BCUT2D eigenvalue weighted by molar-refractivity contribution is 5.82. The quantitative estimate of drug-likeness (QED) is 0.332. The van der Waals surface area contributed by atoms with Gasteiger partial charge in [-0.1, -0.05) is 24.4 Å². The molecule has 1 rings (SSSR count). The molecular formula is C12H23N3O2. The van der Waals surface area contributed by atoms with E-state index in [4.69, 9.17) is 10.9 Å². The van der Waals surface area contributed by atoms with Gasteiger partial charge in [0, 0.05) is 25.4 Å². The molecule has 1 amide bonds. The Morgan fingerprint density at radius 2 is 2.06 bits per heavy atom. The van der Waals surface area contributed by atoms with E-state index in [-0.39, 0.29) is 17.7 Å². The summed E-state index contributed by atoms with van der Waals surface area (Å²) in [7, 11) is 0. The largest absolute Gasteiger partial charge is 0.409 e. The van der Waals surface area contributed by atoms with E-state index in [1.54, 1.807) is 0 Å². The van der Waals surface area contributed by atoms with Crippen LogP contribution in [0.25, 0.3) is 0 Å². The normalized spacial score (nSPS) is 18.1. The van der Waals surface area contributed by atoms with Gasteiger partial charge in [0.05, 0.1) is 0 Å². The maximum Gasteiger partial charge on any atom is 0.225 e. The summed E-state index contributed by atoms with van der Waals surface area (Å²) in [6, 6.07) is 0. The predicted octanol–water partition coefficient (Wildman–Crippen LogP) is 1.55. The molecule has 0 aromatic carbocycles. The lowest BCUT2D eigenvalue weighted by molar-refractivity contribution is -0.136. The van der Waals surface area contributed by atoms with Gasteiger partial charge in [-0.15, -0.1) is 0 Å². The fourth-order valence-electron chi connectivity index (χ4n) is 2.33. The zero-order valence-electron chi connectivity index (χ0n) is 10.6. The number of rotatable bonds is 5. The minimum Gasteiger partial charge on any atom is -0.409 e. The maximum absolute atomic E-state index is 12.2. The fraction of sp³-hybridized carbons (Fsp3) is 0.833. The second-order valence-electron chi connectivity index (χ2n) is 4.59. The SMILES string of the molecule is CCN(CCC(N)=NO)C(=O)C1CCCCC1. The third kappa shape index (κ3) is 4.24. The number of hydrogen-bond donors (Lipinski definition) is 2. The zero-order chi connectivity index (χ0) is 12.7. The van der Waals surface area contributed by atoms with Crippen LogP contribution >= 0.6 is 0 Å². The van der Waals surface area contributed by atoms with E-state index >= 15 is 0 Å². The number of carbonyl (C=O) groups is 1. The molecule has 5 nitrogen and oxygen atoms in total. The number of amidine groups is 1. The van der Waals surface area contributed by atoms with E-state index in [0.717, 1.165) is 25.7 Å². The van der Waals surface area contributed by atoms with Crippen molar-refractivity contribution in [2.75, 3.05) is 13.1 Å². The first-order valence-electron chi connectivity index (χ1n) is 6.44. The minimum absolute atomic E-state index is 0.180. The molecule has 5 heteroatoms. The molecule has 17 heavy (non-hydrogen) atoms. The van der Waals surface area contributed by atoms with Crippen LogP contribution in [0.5, 0.6) is 0 Å². The molecule has 0 heterocycles. The molecule has 0 saturated heterocycles. The summed E-state index contributed by atoms with van der Waals surface area (Å²) in [5.74, 6) is 0.605. The van der Waals surface area contributed by atoms with E-state index in [1.165, 1.54) is 6.42 Å². The molecule has 1 saturated carbocycles. The zero-order valence-corrected chi connectivity index (χ0v) is 10.6. The molecular weight excluding hydrogens is 218 g/mol. The van der Waals surface area contributed by atoms with Crippen molar-refractivity contribution in [2.24, 2.45) is 16.8 Å². The van der Waals surface area contributed by atoms with Crippen LogP contribution in [0, 0.1) is 5.92 Å². The van der Waals surface area contributed by atoms with Crippen molar-refractivity contribution in [2.45, 2.75) is 45.4 Å². The monoisotopic (exact) mass is 241 g/mol. The highest BCUT2D eigenvalue weighted by atomic mass is 16.4. The van der Waals surface area contributed by atoms with Crippen molar-refractivity contribution in [1.82, 2.24) is 4.90 Å². The summed E-state index contributed by atoms with van der Waals surface area (Å²) in [4.78, 5) is 14.0. The van der Waals surface area contributed by atoms with Crippen LogP contribution in [0.3, 0.4) is 0 Å². The number of hydrogen-bond acceptors (Lipinski definition) is 3. The van der Waals surface area contributed by atoms with Gasteiger partial charge >= 0.3 is 0 Å². The van der Waals surface area contributed by atoms with Gasteiger partial charge in [0.25, 0.3) is 0 Å². The molecule has 0 atom stereocenters. The highest BCUT2D eigenvalue weighted by Gasteiger charge is 2.24. The number of nitrogens with zero attached hydrogens (tertiary/aromatic N) is 2. The fourth-order valence-corrected chi connectivity index (χ4v) is 2.33. The summed E-state index contributed by atoms with van der Waals surface area (Å²) < 4.78 is 0. The van der Waals surface area contributed by atoms with Crippen molar-refractivity contribution >= 4 is 11.7 Å². The smallest absolute Gasteiger partial charge is 0.225 e. The number of carbonyl (C=O) groups excluding carboxylic acids is 1. The Bertz CT molecular complexity index is 273. The Hall–Kier alpha value is -1.26. The number of oxime groups is 1. The molecule has 0 bridgehead atoms. The Kier molecular flexibility index (Phi) is 5.80. The van der Waals surface area contributed by atoms with Gasteiger partial charge < -0.3 is 15.8 Å². The van der Waals surface area contributed by atoms with Crippen LogP contribution in [0.1, 0.15) is 45.4 Å². The summed E-state index contributed by atoms with van der Waals surface area (Å²) in [6.07, 6.45) is 6.03. The predicted molar refractivity (Wildman–Crippen MR) is 66.9 cm³/mol. The number of nitrogens with two attached hydrogens (primary N) is 1. The Labute approximate surface area is 103 Å². The lowest BCUT2D eigenvalue weighted by atomic mass is 9.88. The van der Waals surface area contributed by atoms with Crippen molar-refractivity contribution in [1.29, 1.82) is 0 Å². The van der Waals surface area contributed by atoms with Gasteiger partial charge in [-0.3, -0.25) is 4.79 Å².